The minimum Gasteiger partial charge on any atom is -0.497 e. The second-order valence-electron chi connectivity index (χ2n) is 8.29. The number of carbonyl (C=O) groups is 1. The summed E-state index contributed by atoms with van der Waals surface area (Å²) in [5.41, 5.74) is 7.99. The highest BCUT2D eigenvalue weighted by molar-refractivity contribution is 6.01. The number of halogens is 1. The summed E-state index contributed by atoms with van der Waals surface area (Å²) in [5, 5.41) is 5.38. The van der Waals surface area contributed by atoms with E-state index in [1.54, 1.807) is 15.6 Å². The molecule has 8 nitrogen and oxygen atoms in total. The SMILES string of the molecule is C=CC(=O)N(CC1(n2nc(-c3cc(F)cc(OC)c3)c3c(N)ncnc32)CC1)c1ccccc1. The number of nitrogens with zero attached hydrogens (tertiary/aromatic N) is 5. The first kappa shape index (κ1) is 21.6. The number of aromatic nitrogens is 4. The molecule has 2 N–H and O–H groups in total. The topological polar surface area (TPSA) is 99.2 Å². The molecular formula is C25H23FN6O2. The summed E-state index contributed by atoms with van der Waals surface area (Å²) in [7, 11) is 1.47. The number of para-hydroxylation sites is 1. The van der Waals surface area contributed by atoms with Gasteiger partial charge in [0.1, 0.15) is 29.4 Å². The van der Waals surface area contributed by atoms with Crippen LogP contribution in [0.5, 0.6) is 5.75 Å². The van der Waals surface area contributed by atoms with Crippen molar-refractivity contribution in [3.63, 3.8) is 0 Å². The molecule has 1 aliphatic rings. The third kappa shape index (κ3) is 3.64. The van der Waals surface area contributed by atoms with Gasteiger partial charge in [0.2, 0.25) is 5.91 Å². The number of nitrogens with two attached hydrogens (primary N) is 1. The Morgan fingerprint density at radius 2 is 2.03 bits per heavy atom. The Morgan fingerprint density at radius 1 is 1.26 bits per heavy atom. The van der Waals surface area contributed by atoms with Gasteiger partial charge in [-0.1, -0.05) is 24.8 Å². The van der Waals surface area contributed by atoms with Crippen LogP contribution in [-0.4, -0.2) is 39.3 Å². The number of carbonyl (C=O) groups excluding carboxylic acids is 1. The van der Waals surface area contributed by atoms with Gasteiger partial charge in [0.15, 0.2) is 5.65 Å². The number of amides is 1. The van der Waals surface area contributed by atoms with Crippen molar-refractivity contribution in [2.45, 2.75) is 18.4 Å². The van der Waals surface area contributed by atoms with Gasteiger partial charge in [-0.2, -0.15) is 5.10 Å². The number of rotatable bonds is 7. The van der Waals surface area contributed by atoms with Crippen molar-refractivity contribution in [2.75, 3.05) is 24.3 Å². The molecule has 0 atom stereocenters. The molecule has 0 spiro atoms. The fraction of sp³-hybridized carbons (Fsp3) is 0.200. The summed E-state index contributed by atoms with van der Waals surface area (Å²) >= 11 is 0. The van der Waals surface area contributed by atoms with Crippen LogP contribution in [0.25, 0.3) is 22.3 Å². The van der Waals surface area contributed by atoms with Gasteiger partial charge in [0.25, 0.3) is 0 Å². The third-order valence-electron chi connectivity index (χ3n) is 6.11. The number of ether oxygens (including phenoxy) is 1. The van der Waals surface area contributed by atoms with Crippen molar-refractivity contribution in [3.8, 4) is 17.0 Å². The molecule has 1 aliphatic carbocycles. The lowest BCUT2D eigenvalue weighted by molar-refractivity contribution is -0.114. The van der Waals surface area contributed by atoms with E-state index < -0.39 is 11.4 Å². The van der Waals surface area contributed by atoms with Crippen LogP contribution < -0.4 is 15.4 Å². The first-order valence-electron chi connectivity index (χ1n) is 10.8. The monoisotopic (exact) mass is 458 g/mol. The maximum atomic E-state index is 14.3. The first-order chi connectivity index (χ1) is 16.5. The Labute approximate surface area is 195 Å². The van der Waals surface area contributed by atoms with Crippen LogP contribution in [0.2, 0.25) is 0 Å². The van der Waals surface area contributed by atoms with Crippen LogP contribution in [0.1, 0.15) is 12.8 Å². The van der Waals surface area contributed by atoms with E-state index in [4.69, 9.17) is 15.6 Å². The lowest BCUT2D eigenvalue weighted by atomic mass is 10.1. The Morgan fingerprint density at radius 3 is 2.71 bits per heavy atom. The quantitative estimate of drug-likeness (QED) is 0.421. The summed E-state index contributed by atoms with van der Waals surface area (Å²) < 4.78 is 21.4. The van der Waals surface area contributed by atoms with Crippen LogP contribution in [0.4, 0.5) is 15.9 Å². The normalized spacial score (nSPS) is 14.1. The van der Waals surface area contributed by atoms with Crippen LogP contribution >= 0.6 is 0 Å². The summed E-state index contributed by atoms with van der Waals surface area (Å²) in [4.78, 5) is 23.1. The van der Waals surface area contributed by atoms with Gasteiger partial charge in [-0.05, 0) is 43.2 Å². The second kappa shape index (κ2) is 8.26. The van der Waals surface area contributed by atoms with Gasteiger partial charge in [-0.3, -0.25) is 4.79 Å². The molecule has 4 aromatic rings. The minimum atomic E-state index is -0.497. The third-order valence-corrected chi connectivity index (χ3v) is 6.11. The Kier molecular flexibility index (Phi) is 5.24. The van der Waals surface area contributed by atoms with E-state index in [0.29, 0.717) is 34.6 Å². The molecule has 5 rings (SSSR count). The van der Waals surface area contributed by atoms with Gasteiger partial charge in [-0.25, -0.2) is 19.0 Å². The molecular weight excluding hydrogens is 435 g/mol. The zero-order chi connectivity index (χ0) is 23.9. The molecule has 2 aromatic carbocycles. The highest BCUT2D eigenvalue weighted by Crippen LogP contribution is 2.47. The average Bonchev–Trinajstić information content (AvgIpc) is 3.53. The number of benzene rings is 2. The highest BCUT2D eigenvalue weighted by Gasteiger charge is 2.49. The van der Waals surface area contributed by atoms with E-state index in [9.17, 15) is 9.18 Å². The molecule has 0 radical (unpaired) electrons. The zero-order valence-corrected chi connectivity index (χ0v) is 18.6. The summed E-state index contributed by atoms with van der Waals surface area (Å²) in [6.07, 6.45) is 4.25. The first-order valence-corrected chi connectivity index (χ1v) is 10.8. The van der Waals surface area contributed by atoms with Crippen LogP contribution in [0, 0.1) is 5.82 Å². The second-order valence-corrected chi connectivity index (χ2v) is 8.29. The van der Waals surface area contributed by atoms with E-state index in [1.165, 1.54) is 31.6 Å². The molecule has 0 saturated heterocycles. The smallest absolute Gasteiger partial charge is 0.250 e. The molecule has 172 valence electrons. The fourth-order valence-corrected chi connectivity index (χ4v) is 4.21. The number of fused-ring (bicyclic) bond motifs is 1. The summed E-state index contributed by atoms with van der Waals surface area (Å²) in [6, 6.07) is 13.8. The van der Waals surface area contributed by atoms with Crippen molar-refractivity contribution in [2.24, 2.45) is 0 Å². The molecule has 2 aromatic heterocycles. The maximum absolute atomic E-state index is 14.3. The average molecular weight is 458 g/mol. The molecule has 0 bridgehead atoms. The molecule has 1 fully saturated rings. The number of hydrogen-bond acceptors (Lipinski definition) is 6. The predicted molar refractivity (Wildman–Crippen MR) is 128 cm³/mol. The lowest BCUT2D eigenvalue weighted by Crippen LogP contribution is -2.39. The highest BCUT2D eigenvalue weighted by atomic mass is 19.1. The van der Waals surface area contributed by atoms with Crippen molar-refractivity contribution in [1.82, 2.24) is 19.7 Å². The van der Waals surface area contributed by atoms with E-state index in [0.717, 1.165) is 18.5 Å². The van der Waals surface area contributed by atoms with Crippen molar-refractivity contribution in [1.29, 1.82) is 0 Å². The Balaban J connectivity index is 1.65. The standard InChI is InChI=1S/C25H23FN6O2/c1-3-20(33)31(18-7-5-4-6-8-18)14-25(9-10-25)32-24-21(23(27)28-15-29-24)22(30-32)16-11-17(26)13-19(12-16)34-2/h3-8,11-13,15H,1,9-10,14H2,2H3,(H2,27,28,29). The summed E-state index contributed by atoms with van der Waals surface area (Å²) in [5.74, 6) is -0.0629. The van der Waals surface area contributed by atoms with E-state index in [2.05, 4.69) is 16.5 Å². The van der Waals surface area contributed by atoms with Crippen molar-refractivity contribution in [3.05, 3.63) is 73.3 Å². The Bertz CT molecular complexity index is 1400. The lowest BCUT2D eigenvalue weighted by Gasteiger charge is -2.27. The van der Waals surface area contributed by atoms with E-state index >= 15 is 0 Å². The predicted octanol–water partition coefficient (Wildman–Crippen LogP) is 3.93. The summed E-state index contributed by atoms with van der Waals surface area (Å²) in [6.45, 7) is 4.03. The zero-order valence-electron chi connectivity index (χ0n) is 18.6. The minimum absolute atomic E-state index is 0.210. The molecule has 1 amide bonds. The van der Waals surface area contributed by atoms with Gasteiger partial charge in [0.05, 0.1) is 24.6 Å². The fourth-order valence-electron chi connectivity index (χ4n) is 4.21. The van der Waals surface area contributed by atoms with Crippen LogP contribution in [0.15, 0.2) is 67.5 Å². The van der Waals surface area contributed by atoms with Gasteiger partial charge in [0, 0.05) is 17.3 Å². The molecule has 0 unspecified atom stereocenters. The van der Waals surface area contributed by atoms with Crippen molar-refractivity contribution >= 4 is 28.4 Å². The molecule has 9 heteroatoms. The molecule has 34 heavy (non-hydrogen) atoms. The number of hydrogen-bond donors (Lipinski definition) is 1. The molecule has 0 aliphatic heterocycles. The van der Waals surface area contributed by atoms with Gasteiger partial charge >= 0.3 is 0 Å². The van der Waals surface area contributed by atoms with Crippen LogP contribution in [0.3, 0.4) is 0 Å². The van der Waals surface area contributed by atoms with E-state index in [-0.39, 0.29) is 11.7 Å². The number of methoxy groups -OCH3 is 1. The van der Waals surface area contributed by atoms with E-state index in [1.807, 2.05) is 30.3 Å². The molecule has 2 heterocycles. The van der Waals surface area contributed by atoms with Gasteiger partial charge < -0.3 is 15.4 Å². The number of anilines is 2. The molecule has 1 saturated carbocycles. The van der Waals surface area contributed by atoms with Crippen molar-refractivity contribution < 1.29 is 13.9 Å². The number of nitrogen functional groups attached to an aromatic ring is 1. The largest absolute Gasteiger partial charge is 0.497 e. The maximum Gasteiger partial charge on any atom is 0.250 e. The van der Waals surface area contributed by atoms with Crippen LogP contribution in [-0.2, 0) is 10.3 Å². The Hall–Kier alpha value is -4.27. The van der Waals surface area contributed by atoms with Gasteiger partial charge in [-0.15, -0.1) is 0 Å².